The third kappa shape index (κ3) is 8.57. The van der Waals surface area contributed by atoms with E-state index in [2.05, 4.69) is 17.4 Å². The van der Waals surface area contributed by atoms with Gasteiger partial charge in [0, 0.05) is 24.7 Å². The number of nitrogens with zero attached hydrogens (tertiary/aromatic N) is 1. The van der Waals surface area contributed by atoms with E-state index in [1.165, 1.54) is 11.6 Å². The highest BCUT2D eigenvalue weighted by molar-refractivity contribution is 6.04. The van der Waals surface area contributed by atoms with Gasteiger partial charge in [0.25, 0.3) is 11.8 Å². The molecule has 0 heterocycles. The molecule has 3 aromatic rings. The molecule has 0 saturated heterocycles. The number of unbranched alkanes of at least 4 members (excludes halogenated alkanes) is 1. The second-order valence-electron chi connectivity index (χ2n) is 8.04. The summed E-state index contributed by atoms with van der Waals surface area (Å²) >= 11 is 0. The number of imide groups is 1. The number of carbonyl (C=O) groups is 3. The Morgan fingerprint density at radius 3 is 2.11 bits per heavy atom. The predicted molar refractivity (Wildman–Crippen MR) is 134 cm³/mol. The fraction of sp³-hybridized carbons (Fsp3) is 0.179. The van der Waals surface area contributed by atoms with E-state index in [-0.39, 0.29) is 0 Å². The summed E-state index contributed by atoms with van der Waals surface area (Å²) in [5, 5.41) is 11.1. The first kappa shape index (κ1) is 25.4. The molecule has 4 amide bonds. The Bertz CT molecular complexity index is 1130. The van der Waals surface area contributed by atoms with Gasteiger partial charge < -0.3 is 4.90 Å². The van der Waals surface area contributed by atoms with Gasteiger partial charge in [-0.3, -0.25) is 20.1 Å². The fourth-order valence-corrected chi connectivity index (χ4v) is 3.53. The van der Waals surface area contributed by atoms with Gasteiger partial charge in [-0.15, -0.1) is 0 Å². The summed E-state index contributed by atoms with van der Waals surface area (Å²) in [5.74, 6) is -1.05. The van der Waals surface area contributed by atoms with Crippen molar-refractivity contribution in [1.82, 2.24) is 15.7 Å². The van der Waals surface area contributed by atoms with Gasteiger partial charge in [0.05, 0.1) is 0 Å². The molecule has 7 heteroatoms. The molecule has 3 rings (SSSR count). The number of rotatable bonds is 10. The van der Waals surface area contributed by atoms with Gasteiger partial charge in [-0.1, -0.05) is 72.8 Å². The van der Waals surface area contributed by atoms with Crippen LogP contribution in [0.1, 0.15) is 39.9 Å². The lowest BCUT2D eigenvalue weighted by Crippen LogP contribution is -2.43. The van der Waals surface area contributed by atoms with Crippen LogP contribution in [0.5, 0.6) is 0 Å². The molecule has 35 heavy (non-hydrogen) atoms. The maximum absolute atomic E-state index is 13.0. The van der Waals surface area contributed by atoms with Crippen molar-refractivity contribution in [3.8, 4) is 0 Å². The Hall–Kier alpha value is -4.23. The summed E-state index contributed by atoms with van der Waals surface area (Å²) in [6, 6.07) is 25.7. The molecule has 0 atom stereocenters. The maximum atomic E-state index is 13.0. The standard InChI is InChI=1S/C28H29N3O4/c32-26(30-35)19-18-23-14-16-24(17-15-23)21-31(20-8-7-11-22-9-3-1-4-10-22)28(34)29-27(33)25-12-5-2-6-13-25/h1-6,9-10,12-19,35H,7-8,11,20-21H2,(H,30,32)(H,29,33,34). The molecule has 0 saturated carbocycles. The first-order chi connectivity index (χ1) is 17.0. The van der Waals surface area contributed by atoms with Crippen LogP contribution in [0.25, 0.3) is 6.08 Å². The average Bonchev–Trinajstić information content (AvgIpc) is 2.90. The number of hydrogen-bond acceptors (Lipinski definition) is 4. The number of hydrogen-bond donors (Lipinski definition) is 3. The third-order valence-electron chi connectivity index (χ3n) is 5.42. The number of carbonyl (C=O) groups excluding carboxylic acids is 3. The van der Waals surface area contributed by atoms with Crippen molar-refractivity contribution in [2.24, 2.45) is 0 Å². The average molecular weight is 472 g/mol. The number of aryl methyl sites for hydroxylation is 1. The second kappa shape index (κ2) is 13.5. The zero-order valence-corrected chi connectivity index (χ0v) is 19.4. The smallest absolute Gasteiger partial charge is 0.320 e. The summed E-state index contributed by atoms with van der Waals surface area (Å²) in [4.78, 5) is 38.3. The highest BCUT2D eigenvalue weighted by Gasteiger charge is 2.17. The van der Waals surface area contributed by atoms with Crippen LogP contribution in [0.15, 0.2) is 91.0 Å². The molecular weight excluding hydrogens is 442 g/mol. The molecule has 3 aromatic carbocycles. The second-order valence-corrected chi connectivity index (χ2v) is 8.04. The normalized spacial score (nSPS) is 10.7. The van der Waals surface area contributed by atoms with Crippen LogP contribution in [-0.4, -0.2) is 34.5 Å². The van der Waals surface area contributed by atoms with Crippen LogP contribution in [-0.2, 0) is 17.8 Å². The lowest BCUT2D eigenvalue weighted by atomic mass is 10.1. The quantitative estimate of drug-likeness (QED) is 0.174. The van der Waals surface area contributed by atoms with Gasteiger partial charge >= 0.3 is 6.03 Å². The van der Waals surface area contributed by atoms with Crippen LogP contribution in [0.4, 0.5) is 4.79 Å². The van der Waals surface area contributed by atoms with Crippen LogP contribution in [0.3, 0.4) is 0 Å². The SMILES string of the molecule is O=C(C=Cc1ccc(CN(CCCCc2ccccc2)C(=O)NC(=O)c2ccccc2)cc1)NO. The van der Waals surface area contributed by atoms with Crippen molar-refractivity contribution in [1.29, 1.82) is 0 Å². The monoisotopic (exact) mass is 471 g/mol. The topological polar surface area (TPSA) is 98.7 Å². The Morgan fingerprint density at radius 2 is 1.46 bits per heavy atom. The number of urea groups is 1. The Morgan fingerprint density at radius 1 is 0.800 bits per heavy atom. The van der Waals surface area contributed by atoms with Crippen LogP contribution < -0.4 is 10.8 Å². The van der Waals surface area contributed by atoms with Gasteiger partial charge in [-0.2, -0.15) is 0 Å². The molecule has 0 aliphatic carbocycles. The van der Waals surface area contributed by atoms with Crippen LogP contribution in [0, 0.1) is 0 Å². The van der Waals surface area contributed by atoms with E-state index >= 15 is 0 Å². The molecule has 0 aliphatic rings. The minimum Gasteiger partial charge on any atom is -0.320 e. The van der Waals surface area contributed by atoms with Gasteiger partial charge in [0.2, 0.25) is 0 Å². The summed E-state index contributed by atoms with van der Waals surface area (Å²) in [5.41, 5.74) is 4.88. The van der Waals surface area contributed by atoms with Gasteiger partial charge in [0.15, 0.2) is 0 Å². The van der Waals surface area contributed by atoms with Gasteiger partial charge in [-0.05, 0) is 54.2 Å². The lowest BCUT2D eigenvalue weighted by Gasteiger charge is -2.23. The molecule has 0 bridgehead atoms. The molecule has 0 spiro atoms. The molecule has 0 unspecified atom stereocenters. The maximum Gasteiger partial charge on any atom is 0.324 e. The van der Waals surface area contributed by atoms with E-state index in [0.717, 1.165) is 30.4 Å². The van der Waals surface area contributed by atoms with Crippen molar-refractivity contribution >= 4 is 23.9 Å². The number of nitrogens with one attached hydrogen (secondary N) is 2. The predicted octanol–water partition coefficient (Wildman–Crippen LogP) is 4.58. The molecule has 3 N–H and O–H groups in total. The number of benzene rings is 3. The van der Waals surface area contributed by atoms with Crippen molar-refractivity contribution in [3.63, 3.8) is 0 Å². The summed E-state index contributed by atoms with van der Waals surface area (Å²) in [6.45, 7) is 0.833. The van der Waals surface area contributed by atoms with Gasteiger partial charge in [0.1, 0.15) is 0 Å². The van der Waals surface area contributed by atoms with E-state index in [1.54, 1.807) is 40.7 Å². The highest BCUT2D eigenvalue weighted by Crippen LogP contribution is 2.12. The van der Waals surface area contributed by atoms with Crippen LogP contribution >= 0.6 is 0 Å². The van der Waals surface area contributed by atoms with Crippen molar-refractivity contribution < 1.29 is 19.6 Å². The molecule has 7 nitrogen and oxygen atoms in total. The first-order valence-electron chi connectivity index (χ1n) is 11.5. The molecule has 0 radical (unpaired) electrons. The van der Waals surface area contributed by atoms with E-state index in [9.17, 15) is 14.4 Å². The molecule has 0 aromatic heterocycles. The van der Waals surface area contributed by atoms with Crippen molar-refractivity contribution in [2.45, 2.75) is 25.8 Å². The largest absolute Gasteiger partial charge is 0.324 e. The summed E-state index contributed by atoms with van der Waals surface area (Å²) in [6.07, 6.45) is 5.41. The summed E-state index contributed by atoms with van der Waals surface area (Å²) < 4.78 is 0. The molecular formula is C28H29N3O4. The minimum atomic E-state index is -0.615. The van der Waals surface area contributed by atoms with Crippen LogP contribution in [0.2, 0.25) is 0 Å². The van der Waals surface area contributed by atoms with Crippen molar-refractivity contribution in [3.05, 3.63) is 113 Å². The number of amides is 4. The Kier molecular flexibility index (Phi) is 9.77. The molecule has 0 aliphatic heterocycles. The zero-order valence-electron chi connectivity index (χ0n) is 19.4. The Labute approximate surface area is 205 Å². The number of hydroxylamine groups is 1. The highest BCUT2D eigenvalue weighted by atomic mass is 16.5. The van der Waals surface area contributed by atoms with E-state index in [4.69, 9.17) is 5.21 Å². The van der Waals surface area contributed by atoms with E-state index in [1.807, 2.05) is 48.5 Å². The van der Waals surface area contributed by atoms with E-state index in [0.29, 0.717) is 18.7 Å². The molecule has 180 valence electrons. The minimum absolute atomic E-state index is 0.334. The van der Waals surface area contributed by atoms with Crippen molar-refractivity contribution in [2.75, 3.05) is 6.54 Å². The van der Waals surface area contributed by atoms with E-state index < -0.39 is 17.8 Å². The molecule has 0 fully saturated rings. The fourth-order valence-electron chi connectivity index (χ4n) is 3.53. The Balaban J connectivity index is 1.64. The summed E-state index contributed by atoms with van der Waals surface area (Å²) in [7, 11) is 0. The third-order valence-corrected chi connectivity index (χ3v) is 5.42. The van der Waals surface area contributed by atoms with Gasteiger partial charge in [-0.25, -0.2) is 10.3 Å². The first-order valence-corrected chi connectivity index (χ1v) is 11.5. The lowest BCUT2D eigenvalue weighted by molar-refractivity contribution is -0.124. The zero-order chi connectivity index (χ0) is 24.9.